The van der Waals surface area contributed by atoms with Crippen LogP contribution in [-0.4, -0.2) is 21.9 Å². The predicted octanol–water partition coefficient (Wildman–Crippen LogP) is 2.59. The number of hydrogen-bond acceptors (Lipinski definition) is 4. The van der Waals surface area contributed by atoms with Crippen molar-refractivity contribution in [2.75, 3.05) is 5.32 Å². The second-order valence-corrected chi connectivity index (χ2v) is 5.29. The molecule has 0 saturated heterocycles. The summed E-state index contributed by atoms with van der Waals surface area (Å²) in [5, 5.41) is 3.87. The molecule has 2 aromatic carbocycles. The average Bonchev–Trinajstić information content (AvgIpc) is 2.61. The van der Waals surface area contributed by atoms with Gasteiger partial charge in [0.2, 0.25) is 11.9 Å². The second kappa shape index (κ2) is 6.80. The van der Waals surface area contributed by atoms with Crippen LogP contribution in [0.3, 0.4) is 0 Å². The molecular weight excluding hydrogens is 300 g/mol. The van der Waals surface area contributed by atoms with Gasteiger partial charge in [-0.1, -0.05) is 48.5 Å². The first-order valence-corrected chi connectivity index (χ1v) is 7.50. The molecular formula is C19H16N4O. The van der Waals surface area contributed by atoms with E-state index in [0.29, 0.717) is 5.95 Å². The van der Waals surface area contributed by atoms with Gasteiger partial charge in [0.05, 0.1) is 11.2 Å². The number of amides is 1. The highest BCUT2D eigenvalue weighted by Crippen LogP contribution is 2.27. The van der Waals surface area contributed by atoms with Gasteiger partial charge in [-0.25, -0.2) is 9.97 Å². The van der Waals surface area contributed by atoms with Gasteiger partial charge in [0.15, 0.2) is 0 Å². The van der Waals surface area contributed by atoms with E-state index >= 15 is 0 Å². The molecule has 3 aromatic rings. The van der Waals surface area contributed by atoms with Crippen molar-refractivity contribution in [1.29, 1.82) is 0 Å². The third-order valence-corrected chi connectivity index (χ3v) is 3.62. The van der Waals surface area contributed by atoms with Gasteiger partial charge >= 0.3 is 0 Å². The highest BCUT2D eigenvalue weighted by Gasteiger charge is 2.17. The first-order valence-electron chi connectivity index (χ1n) is 7.50. The van der Waals surface area contributed by atoms with Crippen LogP contribution in [0, 0.1) is 12.3 Å². The number of carbonyl (C=O) groups excluding carboxylic acids is 1. The number of nitrogens with two attached hydrogens (primary N) is 1. The minimum Gasteiger partial charge on any atom is -0.368 e. The zero-order chi connectivity index (χ0) is 16.9. The third kappa shape index (κ3) is 3.18. The Kier molecular flexibility index (Phi) is 4.39. The van der Waals surface area contributed by atoms with Crippen LogP contribution in [0.25, 0.3) is 22.2 Å². The number of nitrogens with zero attached hydrogens (tertiary/aromatic N) is 2. The Hall–Kier alpha value is -3.39. The molecule has 0 unspecified atom stereocenters. The summed E-state index contributed by atoms with van der Waals surface area (Å²) in [7, 11) is 0. The Labute approximate surface area is 139 Å². The topological polar surface area (TPSA) is 80.9 Å². The highest BCUT2D eigenvalue weighted by atomic mass is 16.1. The number of para-hydroxylation sites is 1. The fraction of sp³-hybridized carbons (Fsp3) is 0.105. The largest absolute Gasteiger partial charge is 0.368 e. The molecule has 0 radical (unpaired) electrons. The van der Waals surface area contributed by atoms with Crippen molar-refractivity contribution in [1.82, 2.24) is 9.97 Å². The molecule has 5 nitrogen and oxygen atoms in total. The fourth-order valence-electron chi connectivity index (χ4n) is 2.45. The van der Waals surface area contributed by atoms with E-state index in [2.05, 4.69) is 21.2 Å². The van der Waals surface area contributed by atoms with Gasteiger partial charge in [-0.3, -0.25) is 4.79 Å². The van der Waals surface area contributed by atoms with E-state index in [1.165, 1.54) is 0 Å². The van der Waals surface area contributed by atoms with Crippen molar-refractivity contribution >= 4 is 22.8 Å². The number of nitrogens with one attached hydrogen (secondary N) is 1. The van der Waals surface area contributed by atoms with Gasteiger partial charge in [-0.2, -0.15) is 0 Å². The van der Waals surface area contributed by atoms with Crippen LogP contribution in [0.4, 0.5) is 5.95 Å². The van der Waals surface area contributed by atoms with Crippen LogP contribution in [0.5, 0.6) is 0 Å². The quantitative estimate of drug-likeness (QED) is 0.709. The third-order valence-electron chi connectivity index (χ3n) is 3.62. The Balaban J connectivity index is 2.10. The SMILES string of the molecule is C#CC[C@@H](Nc1nc(-c2ccccc2)c2ccccc2n1)C(N)=O. The summed E-state index contributed by atoms with van der Waals surface area (Å²) in [6.45, 7) is 0. The molecule has 3 N–H and O–H groups in total. The lowest BCUT2D eigenvalue weighted by Crippen LogP contribution is -2.35. The molecule has 3 rings (SSSR count). The number of fused-ring (bicyclic) bond motifs is 1. The maximum atomic E-state index is 11.5. The minimum absolute atomic E-state index is 0.173. The summed E-state index contributed by atoms with van der Waals surface area (Å²) in [6, 6.07) is 16.8. The van der Waals surface area contributed by atoms with Crippen molar-refractivity contribution in [3.8, 4) is 23.6 Å². The maximum absolute atomic E-state index is 11.5. The Morgan fingerprint density at radius 1 is 1.12 bits per heavy atom. The standard InChI is InChI=1S/C19H16N4O/c1-2-8-16(18(20)24)22-19-21-15-12-7-6-11-14(15)17(23-19)13-9-4-3-5-10-13/h1,3-7,9-12,16H,8H2,(H2,20,24)(H,21,22,23)/t16-/m1/s1. The van der Waals surface area contributed by atoms with E-state index < -0.39 is 11.9 Å². The summed E-state index contributed by atoms with van der Waals surface area (Å²) in [4.78, 5) is 20.6. The first-order chi connectivity index (χ1) is 11.7. The van der Waals surface area contributed by atoms with Crippen LogP contribution in [0.15, 0.2) is 54.6 Å². The van der Waals surface area contributed by atoms with Crippen molar-refractivity contribution in [2.24, 2.45) is 5.73 Å². The number of benzene rings is 2. The van der Waals surface area contributed by atoms with Crippen molar-refractivity contribution < 1.29 is 4.79 Å². The molecule has 5 heteroatoms. The highest BCUT2D eigenvalue weighted by molar-refractivity contribution is 5.93. The second-order valence-electron chi connectivity index (χ2n) is 5.29. The summed E-state index contributed by atoms with van der Waals surface area (Å²) >= 11 is 0. The number of primary amides is 1. The Morgan fingerprint density at radius 3 is 2.54 bits per heavy atom. The summed E-state index contributed by atoms with van der Waals surface area (Å²) in [6.07, 6.45) is 5.47. The van der Waals surface area contributed by atoms with Crippen LogP contribution in [0.1, 0.15) is 6.42 Å². The van der Waals surface area contributed by atoms with Crippen molar-refractivity contribution in [2.45, 2.75) is 12.5 Å². The molecule has 1 aromatic heterocycles. The number of aromatic nitrogens is 2. The normalized spacial score (nSPS) is 11.6. The number of carbonyl (C=O) groups is 1. The molecule has 0 bridgehead atoms. The molecule has 0 aliphatic rings. The average molecular weight is 316 g/mol. The lowest BCUT2D eigenvalue weighted by atomic mass is 10.1. The first kappa shape index (κ1) is 15.5. The molecule has 1 amide bonds. The molecule has 0 aliphatic heterocycles. The van der Waals surface area contributed by atoms with Gasteiger partial charge in [0.25, 0.3) is 0 Å². The summed E-state index contributed by atoms with van der Waals surface area (Å²) < 4.78 is 0. The molecule has 0 fully saturated rings. The van der Waals surface area contributed by atoms with E-state index in [9.17, 15) is 4.79 Å². The zero-order valence-electron chi connectivity index (χ0n) is 12.9. The van der Waals surface area contributed by atoms with E-state index in [1.807, 2.05) is 54.6 Å². The Morgan fingerprint density at radius 2 is 1.83 bits per heavy atom. The van der Waals surface area contributed by atoms with Crippen LogP contribution in [0.2, 0.25) is 0 Å². The molecule has 1 atom stereocenters. The Bertz CT molecular complexity index is 916. The predicted molar refractivity (Wildman–Crippen MR) is 95.0 cm³/mol. The van der Waals surface area contributed by atoms with Gasteiger partial charge in [0.1, 0.15) is 6.04 Å². The van der Waals surface area contributed by atoms with Gasteiger partial charge in [-0.05, 0) is 6.07 Å². The minimum atomic E-state index is -0.709. The summed E-state index contributed by atoms with van der Waals surface area (Å²) in [5.41, 5.74) is 7.91. The van der Waals surface area contributed by atoms with Crippen LogP contribution in [-0.2, 0) is 4.79 Å². The van der Waals surface area contributed by atoms with Crippen molar-refractivity contribution in [3.63, 3.8) is 0 Å². The van der Waals surface area contributed by atoms with E-state index in [-0.39, 0.29) is 6.42 Å². The fourth-order valence-corrected chi connectivity index (χ4v) is 2.45. The van der Waals surface area contributed by atoms with Gasteiger partial charge < -0.3 is 11.1 Å². The number of rotatable bonds is 5. The molecule has 24 heavy (non-hydrogen) atoms. The lowest BCUT2D eigenvalue weighted by molar-refractivity contribution is -0.118. The maximum Gasteiger partial charge on any atom is 0.241 e. The summed E-state index contributed by atoms with van der Waals surface area (Å²) in [5.74, 6) is 2.22. The number of anilines is 1. The monoisotopic (exact) mass is 316 g/mol. The molecule has 1 heterocycles. The van der Waals surface area contributed by atoms with Gasteiger partial charge in [0, 0.05) is 17.4 Å². The lowest BCUT2D eigenvalue weighted by Gasteiger charge is -2.14. The number of terminal acetylenes is 1. The smallest absolute Gasteiger partial charge is 0.241 e. The molecule has 0 saturated carbocycles. The number of hydrogen-bond donors (Lipinski definition) is 2. The van der Waals surface area contributed by atoms with E-state index in [4.69, 9.17) is 12.2 Å². The molecule has 118 valence electrons. The molecule has 0 aliphatic carbocycles. The van der Waals surface area contributed by atoms with E-state index in [1.54, 1.807) is 0 Å². The zero-order valence-corrected chi connectivity index (χ0v) is 12.9. The van der Waals surface area contributed by atoms with Gasteiger partial charge in [-0.15, -0.1) is 12.3 Å². The van der Waals surface area contributed by atoms with Crippen LogP contribution < -0.4 is 11.1 Å². The van der Waals surface area contributed by atoms with Crippen molar-refractivity contribution in [3.05, 3.63) is 54.6 Å². The molecule has 0 spiro atoms. The van der Waals surface area contributed by atoms with Crippen LogP contribution >= 0.6 is 0 Å². The van der Waals surface area contributed by atoms with E-state index in [0.717, 1.165) is 22.2 Å².